The molecule has 1 aliphatic carbocycles. The van der Waals surface area contributed by atoms with Gasteiger partial charge in [-0.25, -0.2) is 0 Å². The summed E-state index contributed by atoms with van der Waals surface area (Å²) in [5.74, 6) is 0. The first kappa shape index (κ1) is 15.0. The average molecular weight is 300 g/mol. The van der Waals surface area contributed by atoms with Crippen molar-refractivity contribution in [3.05, 3.63) is 29.3 Å². The fourth-order valence-electron chi connectivity index (χ4n) is 2.69. The van der Waals surface area contributed by atoms with Crippen molar-refractivity contribution in [3.63, 3.8) is 0 Å². The summed E-state index contributed by atoms with van der Waals surface area (Å²) in [7, 11) is -1.01. The first-order valence-electron chi connectivity index (χ1n) is 7.12. The molecular weight excluding hydrogens is 278 g/mol. The molecule has 3 unspecified atom stereocenters. The van der Waals surface area contributed by atoms with Gasteiger partial charge < -0.3 is 5.32 Å². The van der Waals surface area contributed by atoms with Crippen LogP contribution in [0.25, 0.3) is 0 Å². The first-order chi connectivity index (χ1) is 9.24. The fraction of sp³-hybridized carbons (Fsp3) is 0.600. The van der Waals surface area contributed by atoms with Crippen LogP contribution in [0.15, 0.2) is 29.2 Å². The highest BCUT2D eigenvalue weighted by Crippen LogP contribution is 2.29. The quantitative estimate of drug-likeness (QED) is 0.897. The summed E-state index contributed by atoms with van der Waals surface area (Å²) in [6.07, 6.45) is 5.67. The lowest BCUT2D eigenvalue weighted by Gasteiger charge is -2.31. The maximum absolute atomic E-state index is 12.8. The third kappa shape index (κ3) is 3.80. The molecule has 0 aliphatic heterocycles. The van der Waals surface area contributed by atoms with Gasteiger partial charge in [0.25, 0.3) is 0 Å². The molecule has 1 saturated carbocycles. The van der Waals surface area contributed by atoms with Crippen LogP contribution in [0.3, 0.4) is 0 Å². The second-order valence-corrected chi connectivity index (χ2v) is 7.16. The van der Waals surface area contributed by atoms with E-state index in [0.717, 1.165) is 30.7 Å². The minimum absolute atomic E-state index is 0.195. The number of halogens is 1. The van der Waals surface area contributed by atoms with E-state index in [2.05, 4.69) is 12.2 Å². The molecular formula is C15H22ClNOS. The molecule has 0 aromatic heterocycles. The smallest absolute Gasteiger partial charge is 0.0591 e. The van der Waals surface area contributed by atoms with Gasteiger partial charge in [0, 0.05) is 6.04 Å². The van der Waals surface area contributed by atoms with Crippen LogP contribution < -0.4 is 5.32 Å². The molecule has 19 heavy (non-hydrogen) atoms. The van der Waals surface area contributed by atoms with Crippen molar-refractivity contribution in [2.24, 2.45) is 0 Å². The number of hydrogen-bond acceptors (Lipinski definition) is 2. The number of rotatable bonds is 5. The molecule has 1 fully saturated rings. The van der Waals surface area contributed by atoms with Gasteiger partial charge in [-0.15, -0.1) is 0 Å². The van der Waals surface area contributed by atoms with Crippen LogP contribution in [0.2, 0.25) is 5.02 Å². The van der Waals surface area contributed by atoms with Crippen LogP contribution >= 0.6 is 11.6 Å². The van der Waals surface area contributed by atoms with Crippen molar-refractivity contribution in [2.75, 3.05) is 6.54 Å². The maximum atomic E-state index is 12.8. The lowest BCUT2D eigenvalue weighted by molar-refractivity contribution is 0.379. The van der Waals surface area contributed by atoms with E-state index in [1.54, 1.807) is 0 Å². The van der Waals surface area contributed by atoms with Crippen molar-refractivity contribution >= 4 is 22.4 Å². The third-order valence-corrected chi connectivity index (χ3v) is 6.03. The Hall–Kier alpha value is -0.380. The normalized spacial score (nSPS) is 25.2. The Kier molecular flexibility index (Phi) is 5.86. The predicted octanol–water partition coefficient (Wildman–Crippen LogP) is 3.76. The van der Waals surface area contributed by atoms with Gasteiger partial charge in [0.05, 0.1) is 26.0 Å². The second-order valence-electron chi connectivity index (χ2n) is 5.11. The highest BCUT2D eigenvalue weighted by molar-refractivity contribution is 7.85. The Morgan fingerprint density at radius 2 is 2.05 bits per heavy atom. The van der Waals surface area contributed by atoms with Gasteiger partial charge in [-0.2, -0.15) is 0 Å². The van der Waals surface area contributed by atoms with Gasteiger partial charge in [-0.05, 0) is 37.9 Å². The Balaban J connectivity index is 2.13. The van der Waals surface area contributed by atoms with Gasteiger partial charge in [0.1, 0.15) is 0 Å². The summed E-state index contributed by atoms with van der Waals surface area (Å²) in [5, 5.41) is 4.38. The lowest BCUT2D eigenvalue weighted by Crippen LogP contribution is -2.44. The topological polar surface area (TPSA) is 29.1 Å². The van der Waals surface area contributed by atoms with Crippen molar-refractivity contribution in [2.45, 2.75) is 55.2 Å². The molecule has 0 bridgehead atoms. The van der Waals surface area contributed by atoms with Gasteiger partial charge >= 0.3 is 0 Å². The summed E-state index contributed by atoms with van der Waals surface area (Å²) < 4.78 is 12.8. The van der Waals surface area contributed by atoms with Crippen molar-refractivity contribution in [1.29, 1.82) is 0 Å². The van der Waals surface area contributed by atoms with E-state index in [1.807, 2.05) is 24.3 Å². The molecule has 1 aromatic carbocycles. The number of hydrogen-bond donors (Lipinski definition) is 1. The molecule has 0 radical (unpaired) electrons. The van der Waals surface area contributed by atoms with E-state index in [4.69, 9.17) is 11.6 Å². The van der Waals surface area contributed by atoms with Crippen LogP contribution in [0.4, 0.5) is 0 Å². The minimum atomic E-state index is -1.01. The van der Waals surface area contributed by atoms with Gasteiger partial charge in [0.15, 0.2) is 0 Å². The van der Waals surface area contributed by atoms with Crippen LogP contribution in [0.1, 0.15) is 39.0 Å². The van der Waals surface area contributed by atoms with E-state index >= 15 is 0 Å². The summed E-state index contributed by atoms with van der Waals surface area (Å²) >= 11 is 6.18. The van der Waals surface area contributed by atoms with Crippen LogP contribution in [-0.4, -0.2) is 22.0 Å². The van der Waals surface area contributed by atoms with E-state index in [1.165, 1.54) is 12.8 Å². The molecule has 3 atom stereocenters. The molecule has 0 amide bonds. The Labute approximate surface area is 123 Å². The summed E-state index contributed by atoms with van der Waals surface area (Å²) in [6, 6.07) is 7.88. The summed E-state index contributed by atoms with van der Waals surface area (Å²) in [5.41, 5.74) is 0. The average Bonchev–Trinajstić information content (AvgIpc) is 2.45. The second kappa shape index (κ2) is 7.41. The molecule has 0 saturated heterocycles. The molecule has 1 aromatic rings. The number of benzene rings is 1. The molecule has 0 spiro atoms. The van der Waals surface area contributed by atoms with Crippen molar-refractivity contribution in [3.8, 4) is 0 Å². The van der Waals surface area contributed by atoms with E-state index in [9.17, 15) is 4.21 Å². The van der Waals surface area contributed by atoms with Gasteiger partial charge in [-0.3, -0.25) is 4.21 Å². The zero-order valence-corrected chi connectivity index (χ0v) is 13.0. The minimum Gasteiger partial charge on any atom is -0.313 e. The van der Waals surface area contributed by atoms with Gasteiger partial charge in [-0.1, -0.05) is 43.5 Å². The highest BCUT2D eigenvalue weighted by Gasteiger charge is 2.30. The van der Waals surface area contributed by atoms with Gasteiger partial charge in [0.2, 0.25) is 0 Å². The Morgan fingerprint density at radius 3 is 2.79 bits per heavy atom. The Morgan fingerprint density at radius 1 is 1.32 bits per heavy atom. The molecule has 1 N–H and O–H groups in total. The summed E-state index contributed by atoms with van der Waals surface area (Å²) in [4.78, 5) is 0.791. The van der Waals surface area contributed by atoms with Crippen LogP contribution in [0, 0.1) is 0 Å². The zero-order valence-electron chi connectivity index (χ0n) is 11.4. The predicted molar refractivity (Wildman–Crippen MR) is 82.2 cm³/mol. The van der Waals surface area contributed by atoms with E-state index in [-0.39, 0.29) is 5.25 Å². The van der Waals surface area contributed by atoms with Crippen LogP contribution in [0.5, 0.6) is 0 Å². The fourth-order valence-corrected chi connectivity index (χ4v) is 4.76. The highest BCUT2D eigenvalue weighted by atomic mass is 35.5. The number of nitrogens with one attached hydrogen (secondary N) is 1. The standard InChI is InChI=1S/C15H22ClNOS/c1-2-11-17-13-8-4-6-10-15(13)19(18)14-9-5-3-7-12(14)16/h3,5,7,9,13,15,17H,2,4,6,8,10-11H2,1H3. The molecule has 2 nitrogen and oxygen atoms in total. The van der Waals surface area contributed by atoms with E-state index in [0.29, 0.717) is 11.1 Å². The van der Waals surface area contributed by atoms with Crippen molar-refractivity contribution < 1.29 is 4.21 Å². The zero-order chi connectivity index (χ0) is 13.7. The summed E-state index contributed by atoms with van der Waals surface area (Å²) in [6.45, 7) is 3.16. The largest absolute Gasteiger partial charge is 0.313 e. The molecule has 0 heterocycles. The SMILES string of the molecule is CCCNC1CCCCC1S(=O)c1ccccc1Cl. The van der Waals surface area contributed by atoms with Crippen LogP contribution in [-0.2, 0) is 10.8 Å². The molecule has 4 heteroatoms. The first-order valence-corrected chi connectivity index (χ1v) is 8.71. The monoisotopic (exact) mass is 299 g/mol. The molecule has 106 valence electrons. The van der Waals surface area contributed by atoms with Crippen molar-refractivity contribution in [1.82, 2.24) is 5.32 Å². The van der Waals surface area contributed by atoms with E-state index < -0.39 is 10.8 Å². The molecule has 2 rings (SSSR count). The third-order valence-electron chi connectivity index (χ3n) is 3.69. The molecule has 1 aliphatic rings. The Bertz CT molecular complexity index is 438. The maximum Gasteiger partial charge on any atom is 0.0591 e. The lowest BCUT2D eigenvalue weighted by atomic mass is 9.95.